The lowest BCUT2D eigenvalue weighted by atomic mass is 10.1. The van der Waals surface area contributed by atoms with Crippen molar-refractivity contribution in [2.75, 3.05) is 7.11 Å². The van der Waals surface area contributed by atoms with Crippen molar-refractivity contribution >= 4 is 21.6 Å². The quantitative estimate of drug-likeness (QED) is 0.745. The van der Waals surface area contributed by atoms with Crippen LogP contribution >= 0.6 is 15.9 Å². The van der Waals surface area contributed by atoms with Crippen molar-refractivity contribution in [3.05, 3.63) is 58.5 Å². The molecular formula is C14H12BrN3O. The maximum absolute atomic E-state index is 5.18. The molecule has 3 rings (SSSR count). The standard InChI is InChI=1S/C14H12BrN3O/c1-19-12-6-7-18-14(9-12)16-13(17-18)8-10-2-4-11(15)5-3-10/h2-7,9H,8H2,1H3. The van der Waals surface area contributed by atoms with E-state index in [0.717, 1.165) is 28.1 Å². The Balaban J connectivity index is 1.90. The molecule has 4 nitrogen and oxygen atoms in total. The Morgan fingerprint density at radius 2 is 2.00 bits per heavy atom. The molecule has 3 aromatic rings. The Kier molecular flexibility index (Phi) is 3.21. The number of rotatable bonds is 3. The summed E-state index contributed by atoms with van der Waals surface area (Å²) < 4.78 is 8.01. The van der Waals surface area contributed by atoms with Gasteiger partial charge in [-0.05, 0) is 23.8 Å². The summed E-state index contributed by atoms with van der Waals surface area (Å²) in [5.74, 6) is 1.59. The predicted molar refractivity (Wildman–Crippen MR) is 76.5 cm³/mol. The Morgan fingerprint density at radius 1 is 1.21 bits per heavy atom. The summed E-state index contributed by atoms with van der Waals surface area (Å²) >= 11 is 3.43. The summed E-state index contributed by atoms with van der Waals surface area (Å²) in [6, 6.07) is 11.9. The first kappa shape index (κ1) is 12.2. The second-order valence-corrected chi connectivity index (χ2v) is 5.12. The van der Waals surface area contributed by atoms with Crippen molar-refractivity contribution in [1.29, 1.82) is 0 Å². The third-order valence-corrected chi connectivity index (χ3v) is 3.39. The van der Waals surface area contributed by atoms with Crippen molar-refractivity contribution in [3.8, 4) is 5.75 Å². The minimum atomic E-state index is 0.720. The number of methoxy groups -OCH3 is 1. The van der Waals surface area contributed by atoms with Gasteiger partial charge in [-0.25, -0.2) is 9.50 Å². The van der Waals surface area contributed by atoms with E-state index in [1.54, 1.807) is 11.6 Å². The highest BCUT2D eigenvalue weighted by Crippen LogP contribution is 2.15. The van der Waals surface area contributed by atoms with Gasteiger partial charge in [0.15, 0.2) is 11.5 Å². The molecule has 0 aliphatic carbocycles. The van der Waals surface area contributed by atoms with E-state index in [9.17, 15) is 0 Å². The van der Waals surface area contributed by atoms with Crippen molar-refractivity contribution in [3.63, 3.8) is 0 Å². The van der Waals surface area contributed by atoms with Gasteiger partial charge in [0.25, 0.3) is 0 Å². The van der Waals surface area contributed by atoms with E-state index in [1.807, 2.05) is 30.5 Å². The molecule has 0 aliphatic heterocycles. The second kappa shape index (κ2) is 5.01. The lowest BCUT2D eigenvalue weighted by molar-refractivity contribution is 0.414. The molecule has 0 saturated heterocycles. The summed E-state index contributed by atoms with van der Waals surface area (Å²) in [4.78, 5) is 4.50. The van der Waals surface area contributed by atoms with E-state index in [1.165, 1.54) is 5.56 Å². The number of benzene rings is 1. The van der Waals surface area contributed by atoms with Crippen LogP contribution in [-0.2, 0) is 6.42 Å². The number of fused-ring (bicyclic) bond motifs is 1. The van der Waals surface area contributed by atoms with Gasteiger partial charge in [-0.15, -0.1) is 0 Å². The normalized spacial score (nSPS) is 10.8. The van der Waals surface area contributed by atoms with Gasteiger partial charge in [-0.3, -0.25) is 0 Å². The van der Waals surface area contributed by atoms with Gasteiger partial charge >= 0.3 is 0 Å². The van der Waals surface area contributed by atoms with Crippen LogP contribution in [0.2, 0.25) is 0 Å². The highest BCUT2D eigenvalue weighted by molar-refractivity contribution is 9.10. The monoisotopic (exact) mass is 317 g/mol. The molecule has 0 spiro atoms. The van der Waals surface area contributed by atoms with Crippen LogP contribution in [0.25, 0.3) is 5.65 Å². The van der Waals surface area contributed by atoms with E-state index in [-0.39, 0.29) is 0 Å². The van der Waals surface area contributed by atoms with Gasteiger partial charge in [0.1, 0.15) is 5.75 Å². The van der Waals surface area contributed by atoms with Gasteiger partial charge in [0, 0.05) is 23.2 Å². The fraction of sp³-hybridized carbons (Fsp3) is 0.143. The van der Waals surface area contributed by atoms with E-state index < -0.39 is 0 Å². The lowest BCUT2D eigenvalue weighted by Crippen LogP contribution is -1.92. The first-order chi connectivity index (χ1) is 9.24. The van der Waals surface area contributed by atoms with Crippen LogP contribution in [0.15, 0.2) is 47.1 Å². The Labute approximate surface area is 119 Å². The topological polar surface area (TPSA) is 39.4 Å². The van der Waals surface area contributed by atoms with Crippen LogP contribution in [0.1, 0.15) is 11.4 Å². The van der Waals surface area contributed by atoms with Crippen LogP contribution in [0.3, 0.4) is 0 Å². The van der Waals surface area contributed by atoms with E-state index in [4.69, 9.17) is 4.74 Å². The van der Waals surface area contributed by atoms with Crippen molar-refractivity contribution in [1.82, 2.24) is 14.6 Å². The SMILES string of the molecule is COc1ccn2nc(Cc3ccc(Br)cc3)nc2c1. The van der Waals surface area contributed by atoms with Crippen LogP contribution < -0.4 is 4.74 Å². The average molecular weight is 318 g/mol. The zero-order valence-electron chi connectivity index (χ0n) is 10.4. The first-order valence-electron chi connectivity index (χ1n) is 5.88. The fourth-order valence-electron chi connectivity index (χ4n) is 1.90. The summed E-state index contributed by atoms with van der Waals surface area (Å²) in [6.45, 7) is 0. The van der Waals surface area contributed by atoms with E-state index >= 15 is 0 Å². The van der Waals surface area contributed by atoms with Crippen molar-refractivity contribution < 1.29 is 4.74 Å². The highest BCUT2D eigenvalue weighted by atomic mass is 79.9. The average Bonchev–Trinajstić information content (AvgIpc) is 2.82. The zero-order valence-corrected chi connectivity index (χ0v) is 12.0. The molecule has 1 aromatic carbocycles. The maximum Gasteiger partial charge on any atom is 0.159 e. The molecule has 0 unspecified atom stereocenters. The van der Waals surface area contributed by atoms with Gasteiger partial charge in [-0.1, -0.05) is 28.1 Å². The lowest BCUT2D eigenvalue weighted by Gasteiger charge is -1.97. The minimum absolute atomic E-state index is 0.720. The summed E-state index contributed by atoms with van der Waals surface area (Å²) in [5, 5.41) is 4.44. The number of hydrogen-bond donors (Lipinski definition) is 0. The molecule has 96 valence electrons. The van der Waals surface area contributed by atoms with Crippen molar-refractivity contribution in [2.24, 2.45) is 0 Å². The van der Waals surface area contributed by atoms with Crippen LogP contribution in [0.4, 0.5) is 0 Å². The molecule has 19 heavy (non-hydrogen) atoms. The van der Waals surface area contributed by atoms with Gasteiger partial charge in [0.2, 0.25) is 0 Å². The Bertz CT molecular complexity index is 706. The Hall–Kier alpha value is -1.88. The third kappa shape index (κ3) is 2.61. The van der Waals surface area contributed by atoms with Crippen LogP contribution in [0.5, 0.6) is 5.75 Å². The molecule has 0 saturated carbocycles. The van der Waals surface area contributed by atoms with Crippen molar-refractivity contribution in [2.45, 2.75) is 6.42 Å². The van der Waals surface area contributed by atoms with E-state index in [2.05, 4.69) is 38.1 Å². The van der Waals surface area contributed by atoms with Gasteiger partial charge < -0.3 is 4.74 Å². The van der Waals surface area contributed by atoms with E-state index in [0.29, 0.717) is 0 Å². The molecular weight excluding hydrogens is 306 g/mol. The van der Waals surface area contributed by atoms with Gasteiger partial charge in [-0.2, -0.15) is 5.10 Å². The second-order valence-electron chi connectivity index (χ2n) is 4.20. The summed E-state index contributed by atoms with van der Waals surface area (Å²) in [5.41, 5.74) is 1.98. The molecule has 0 amide bonds. The molecule has 2 heterocycles. The summed E-state index contributed by atoms with van der Waals surface area (Å²) in [6.07, 6.45) is 2.57. The highest BCUT2D eigenvalue weighted by Gasteiger charge is 2.05. The number of pyridine rings is 1. The largest absolute Gasteiger partial charge is 0.497 e. The number of nitrogens with zero attached hydrogens (tertiary/aromatic N) is 3. The molecule has 5 heteroatoms. The minimum Gasteiger partial charge on any atom is -0.497 e. The number of halogens is 1. The molecule has 0 radical (unpaired) electrons. The number of hydrogen-bond acceptors (Lipinski definition) is 3. The zero-order chi connectivity index (χ0) is 13.2. The van der Waals surface area contributed by atoms with Crippen LogP contribution in [-0.4, -0.2) is 21.7 Å². The fourth-order valence-corrected chi connectivity index (χ4v) is 2.16. The molecule has 0 atom stereocenters. The molecule has 0 fully saturated rings. The maximum atomic E-state index is 5.18. The molecule has 0 bridgehead atoms. The first-order valence-corrected chi connectivity index (χ1v) is 6.67. The number of aromatic nitrogens is 3. The summed E-state index contributed by atoms with van der Waals surface area (Å²) in [7, 11) is 1.64. The third-order valence-electron chi connectivity index (χ3n) is 2.86. The molecule has 0 aliphatic rings. The number of ether oxygens (including phenoxy) is 1. The predicted octanol–water partition coefficient (Wildman–Crippen LogP) is 3.09. The smallest absolute Gasteiger partial charge is 0.159 e. The molecule has 0 N–H and O–H groups in total. The molecule has 2 aromatic heterocycles. The van der Waals surface area contributed by atoms with Crippen LogP contribution in [0, 0.1) is 0 Å². The Morgan fingerprint density at radius 3 is 2.74 bits per heavy atom. The van der Waals surface area contributed by atoms with Gasteiger partial charge in [0.05, 0.1) is 7.11 Å².